The Hall–Kier alpha value is -2.42. The highest BCUT2D eigenvalue weighted by Gasteiger charge is 2.30. The zero-order valence-corrected chi connectivity index (χ0v) is 16.0. The lowest BCUT2D eigenvalue weighted by Crippen LogP contribution is -2.40. The molecule has 0 aromatic heterocycles. The van der Waals surface area contributed by atoms with Crippen LogP contribution in [0.1, 0.15) is 15.9 Å². The summed E-state index contributed by atoms with van der Waals surface area (Å²) in [6.07, 6.45) is 0. The number of rotatable bonds is 5. The molecule has 8 heteroatoms. The molecule has 0 unspecified atom stereocenters. The van der Waals surface area contributed by atoms with Crippen LogP contribution < -0.4 is 9.47 Å². The molecule has 3 rings (SSSR count). The van der Waals surface area contributed by atoms with Gasteiger partial charge in [0.2, 0.25) is 10.0 Å². The van der Waals surface area contributed by atoms with Crippen molar-refractivity contribution in [3.8, 4) is 11.5 Å². The number of nitrogens with zero attached hydrogens (tertiary/aromatic N) is 1. The third-order valence-electron chi connectivity index (χ3n) is 4.19. The molecule has 1 aliphatic rings. The van der Waals surface area contributed by atoms with E-state index in [1.54, 1.807) is 18.2 Å². The van der Waals surface area contributed by atoms with Gasteiger partial charge in [-0.1, -0.05) is 12.1 Å². The van der Waals surface area contributed by atoms with Gasteiger partial charge in [-0.25, -0.2) is 13.2 Å². The minimum absolute atomic E-state index is 0.0643. The largest absolute Gasteiger partial charge is 0.495 e. The van der Waals surface area contributed by atoms with Gasteiger partial charge in [0.1, 0.15) is 16.4 Å². The molecule has 1 heterocycles. The molecule has 2 aromatic rings. The fourth-order valence-corrected chi connectivity index (χ4v) is 4.37. The highest BCUT2D eigenvalue weighted by Crippen LogP contribution is 2.29. The zero-order valence-electron chi connectivity index (χ0n) is 15.2. The SMILES string of the molecule is COc1ccc(C(=O)Oc2cccc(C)c2)cc1S(=O)(=O)N1CCOCC1. The molecule has 0 spiro atoms. The van der Waals surface area contributed by atoms with Crippen molar-refractivity contribution in [3.63, 3.8) is 0 Å². The smallest absolute Gasteiger partial charge is 0.343 e. The van der Waals surface area contributed by atoms with Crippen LogP contribution in [0.3, 0.4) is 0 Å². The molecule has 144 valence electrons. The predicted octanol–water partition coefficient (Wildman–Crippen LogP) is 2.24. The number of hydrogen-bond donors (Lipinski definition) is 0. The van der Waals surface area contributed by atoms with E-state index < -0.39 is 16.0 Å². The first-order chi connectivity index (χ1) is 12.9. The fraction of sp³-hybridized carbons (Fsp3) is 0.316. The molecule has 7 nitrogen and oxygen atoms in total. The van der Waals surface area contributed by atoms with Crippen molar-refractivity contribution in [2.24, 2.45) is 0 Å². The van der Waals surface area contributed by atoms with E-state index in [1.807, 2.05) is 13.0 Å². The van der Waals surface area contributed by atoms with E-state index in [2.05, 4.69) is 0 Å². The quantitative estimate of drug-likeness (QED) is 0.574. The fourth-order valence-electron chi connectivity index (χ4n) is 2.78. The van der Waals surface area contributed by atoms with Gasteiger partial charge in [0, 0.05) is 13.1 Å². The first-order valence-electron chi connectivity index (χ1n) is 8.46. The Morgan fingerprint density at radius 3 is 2.52 bits per heavy atom. The normalized spacial score (nSPS) is 15.3. The van der Waals surface area contributed by atoms with Gasteiger partial charge in [-0.15, -0.1) is 0 Å². The molecule has 1 fully saturated rings. The van der Waals surface area contributed by atoms with Crippen molar-refractivity contribution in [3.05, 3.63) is 53.6 Å². The number of carbonyl (C=O) groups excluding carboxylic acids is 1. The molecular formula is C19H21NO6S. The summed E-state index contributed by atoms with van der Waals surface area (Å²) in [5.41, 5.74) is 1.08. The van der Waals surface area contributed by atoms with E-state index in [4.69, 9.17) is 14.2 Å². The Kier molecular flexibility index (Phi) is 5.79. The molecule has 0 atom stereocenters. The molecule has 1 saturated heterocycles. The summed E-state index contributed by atoms with van der Waals surface area (Å²) in [4.78, 5) is 12.4. The summed E-state index contributed by atoms with van der Waals surface area (Å²) < 4.78 is 43.1. The Labute approximate surface area is 158 Å². The summed E-state index contributed by atoms with van der Waals surface area (Å²) in [5, 5.41) is 0. The average Bonchev–Trinajstić information content (AvgIpc) is 2.68. The molecule has 1 aliphatic heterocycles. The monoisotopic (exact) mass is 391 g/mol. The van der Waals surface area contributed by atoms with Crippen LogP contribution in [0.15, 0.2) is 47.4 Å². The summed E-state index contributed by atoms with van der Waals surface area (Å²) in [7, 11) is -2.43. The Balaban J connectivity index is 1.92. The van der Waals surface area contributed by atoms with Crippen LogP contribution in [-0.2, 0) is 14.8 Å². The lowest BCUT2D eigenvalue weighted by molar-refractivity contribution is 0.0726. The third-order valence-corrected chi connectivity index (χ3v) is 6.11. The van der Waals surface area contributed by atoms with Crippen LogP contribution in [0.2, 0.25) is 0 Å². The number of hydrogen-bond acceptors (Lipinski definition) is 6. The third kappa shape index (κ3) is 4.29. The van der Waals surface area contributed by atoms with Crippen molar-refractivity contribution in [2.75, 3.05) is 33.4 Å². The second-order valence-corrected chi connectivity index (χ2v) is 7.99. The van der Waals surface area contributed by atoms with Crippen LogP contribution in [0, 0.1) is 6.92 Å². The van der Waals surface area contributed by atoms with Crippen molar-refractivity contribution in [1.29, 1.82) is 0 Å². The standard InChI is InChI=1S/C19H21NO6S/c1-14-4-3-5-16(12-14)26-19(21)15-6-7-17(24-2)18(13-15)27(22,23)20-8-10-25-11-9-20/h3-7,12-13H,8-11H2,1-2H3. The summed E-state index contributed by atoms with van der Waals surface area (Å²) >= 11 is 0. The highest BCUT2D eigenvalue weighted by molar-refractivity contribution is 7.89. The predicted molar refractivity (Wildman–Crippen MR) is 98.7 cm³/mol. The molecule has 0 amide bonds. The molecule has 0 bridgehead atoms. The van der Waals surface area contributed by atoms with Crippen LogP contribution in [-0.4, -0.2) is 52.1 Å². The first-order valence-corrected chi connectivity index (χ1v) is 9.90. The van der Waals surface area contributed by atoms with Crippen molar-refractivity contribution < 1.29 is 27.4 Å². The maximum absolute atomic E-state index is 13.0. The van der Waals surface area contributed by atoms with Crippen LogP contribution in [0.25, 0.3) is 0 Å². The van der Waals surface area contributed by atoms with Crippen LogP contribution in [0.4, 0.5) is 0 Å². The van der Waals surface area contributed by atoms with E-state index in [-0.39, 0.29) is 29.3 Å². The number of carbonyl (C=O) groups is 1. The number of morpholine rings is 1. The maximum Gasteiger partial charge on any atom is 0.343 e. The molecule has 0 saturated carbocycles. The van der Waals surface area contributed by atoms with Crippen molar-refractivity contribution in [1.82, 2.24) is 4.31 Å². The van der Waals surface area contributed by atoms with Gasteiger partial charge in [0.15, 0.2) is 0 Å². The summed E-state index contributed by atoms with van der Waals surface area (Å²) in [6.45, 7) is 3.05. The van der Waals surface area contributed by atoms with Crippen molar-refractivity contribution in [2.45, 2.75) is 11.8 Å². The zero-order chi connectivity index (χ0) is 19.4. The van der Waals surface area contributed by atoms with Gasteiger partial charge in [0.05, 0.1) is 25.9 Å². The Morgan fingerprint density at radius 1 is 1.11 bits per heavy atom. The average molecular weight is 391 g/mol. The first kappa shape index (κ1) is 19.3. The Morgan fingerprint density at radius 2 is 1.85 bits per heavy atom. The molecule has 2 aromatic carbocycles. The van der Waals surface area contributed by atoms with E-state index in [1.165, 1.54) is 29.6 Å². The number of sulfonamides is 1. The number of methoxy groups -OCH3 is 1. The number of aryl methyl sites for hydroxylation is 1. The van der Waals surface area contributed by atoms with Gasteiger partial charge in [-0.2, -0.15) is 4.31 Å². The molecular weight excluding hydrogens is 370 g/mol. The maximum atomic E-state index is 13.0. The van der Waals surface area contributed by atoms with Gasteiger partial charge >= 0.3 is 5.97 Å². The number of ether oxygens (including phenoxy) is 3. The van der Waals surface area contributed by atoms with E-state index in [9.17, 15) is 13.2 Å². The minimum Gasteiger partial charge on any atom is -0.495 e. The molecule has 0 N–H and O–H groups in total. The lowest BCUT2D eigenvalue weighted by Gasteiger charge is -2.26. The van der Waals surface area contributed by atoms with E-state index in [0.29, 0.717) is 19.0 Å². The van der Waals surface area contributed by atoms with Gasteiger partial charge in [-0.3, -0.25) is 0 Å². The van der Waals surface area contributed by atoms with Crippen LogP contribution >= 0.6 is 0 Å². The summed E-state index contributed by atoms with van der Waals surface area (Å²) in [5.74, 6) is -0.0660. The number of esters is 1. The van der Waals surface area contributed by atoms with Gasteiger partial charge in [0.25, 0.3) is 0 Å². The van der Waals surface area contributed by atoms with Gasteiger partial charge < -0.3 is 14.2 Å². The van der Waals surface area contributed by atoms with Crippen molar-refractivity contribution >= 4 is 16.0 Å². The van der Waals surface area contributed by atoms with E-state index in [0.717, 1.165) is 5.56 Å². The molecule has 27 heavy (non-hydrogen) atoms. The molecule has 0 aliphatic carbocycles. The Bertz CT molecular complexity index is 935. The highest BCUT2D eigenvalue weighted by atomic mass is 32.2. The van der Waals surface area contributed by atoms with Crippen LogP contribution in [0.5, 0.6) is 11.5 Å². The molecule has 0 radical (unpaired) electrons. The second-order valence-electron chi connectivity index (χ2n) is 6.09. The summed E-state index contributed by atoms with van der Waals surface area (Å²) in [6, 6.07) is 11.3. The topological polar surface area (TPSA) is 82.1 Å². The lowest BCUT2D eigenvalue weighted by atomic mass is 10.2. The van der Waals surface area contributed by atoms with Gasteiger partial charge in [-0.05, 0) is 42.8 Å². The second kappa shape index (κ2) is 8.08. The number of benzene rings is 2. The van der Waals surface area contributed by atoms with E-state index >= 15 is 0 Å². The minimum atomic E-state index is -3.82.